The van der Waals surface area contributed by atoms with Crippen molar-refractivity contribution in [2.75, 3.05) is 5.32 Å². The van der Waals surface area contributed by atoms with Crippen LogP contribution in [0.25, 0.3) is 10.4 Å². The second kappa shape index (κ2) is 7.84. The molecule has 5 nitrogen and oxygen atoms in total. The Hall–Kier alpha value is -3.12. The van der Waals surface area contributed by atoms with Crippen molar-refractivity contribution in [1.82, 2.24) is 0 Å². The summed E-state index contributed by atoms with van der Waals surface area (Å²) in [4.78, 5) is 24.4. The van der Waals surface area contributed by atoms with E-state index < -0.39 is 5.97 Å². The number of phenols is 1. The lowest BCUT2D eigenvalue weighted by Crippen LogP contribution is -2.14. The normalized spacial score (nSPS) is 10.5. The molecule has 0 atom stereocenters. The zero-order chi connectivity index (χ0) is 18.5. The topological polar surface area (TPSA) is 86.6 Å². The first-order chi connectivity index (χ1) is 12.5. The number of aromatic carboxylic acids is 1. The Labute approximate surface area is 154 Å². The van der Waals surface area contributed by atoms with Crippen LogP contribution in [0.15, 0.2) is 60.0 Å². The Morgan fingerprint density at radius 3 is 2.50 bits per heavy atom. The van der Waals surface area contributed by atoms with E-state index in [9.17, 15) is 19.8 Å². The van der Waals surface area contributed by atoms with Gasteiger partial charge in [-0.1, -0.05) is 42.5 Å². The van der Waals surface area contributed by atoms with Gasteiger partial charge in [0.2, 0.25) is 5.91 Å². The zero-order valence-electron chi connectivity index (χ0n) is 13.8. The smallest absolute Gasteiger partial charge is 0.339 e. The maximum absolute atomic E-state index is 12.2. The molecule has 1 amide bonds. The number of rotatable bonds is 6. The third kappa shape index (κ3) is 4.10. The van der Waals surface area contributed by atoms with E-state index in [2.05, 4.69) is 5.32 Å². The van der Waals surface area contributed by atoms with E-state index in [0.717, 1.165) is 5.56 Å². The SMILES string of the molecule is O=C(CCc1ccccc1)Nc1csc(-c2cccc(O)c2)c1C(=O)O. The van der Waals surface area contributed by atoms with Crippen molar-refractivity contribution in [1.29, 1.82) is 0 Å². The molecule has 0 spiro atoms. The van der Waals surface area contributed by atoms with Crippen molar-refractivity contribution >= 4 is 28.9 Å². The average molecular weight is 367 g/mol. The summed E-state index contributed by atoms with van der Waals surface area (Å²) in [7, 11) is 0. The number of phenolic OH excluding ortho intramolecular Hbond substituents is 1. The number of thiophene rings is 1. The molecule has 0 aliphatic carbocycles. The molecule has 1 aromatic heterocycles. The third-order valence-corrected chi connectivity index (χ3v) is 4.90. The first-order valence-electron chi connectivity index (χ1n) is 8.02. The number of benzene rings is 2. The van der Waals surface area contributed by atoms with Gasteiger partial charge >= 0.3 is 5.97 Å². The minimum absolute atomic E-state index is 0.0358. The van der Waals surface area contributed by atoms with Crippen molar-refractivity contribution in [2.45, 2.75) is 12.8 Å². The summed E-state index contributed by atoms with van der Waals surface area (Å²) in [5, 5.41) is 23.5. The number of carboxylic acids is 1. The number of amides is 1. The van der Waals surface area contributed by atoms with Crippen LogP contribution in [0.4, 0.5) is 5.69 Å². The molecule has 26 heavy (non-hydrogen) atoms. The van der Waals surface area contributed by atoms with E-state index in [1.165, 1.54) is 23.5 Å². The standard InChI is InChI=1S/C20H17NO4S/c22-15-8-4-7-14(11-15)19-18(20(24)25)16(12-26-19)21-17(23)10-9-13-5-2-1-3-6-13/h1-8,11-12,22H,9-10H2,(H,21,23)(H,24,25). The van der Waals surface area contributed by atoms with Gasteiger partial charge in [0, 0.05) is 11.8 Å². The minimum Gasteiger partial charge on any atom is -0.508 e. The van der Waals surface area contributed by atoms with Gasteiger partial charge in [-0.2, -0.15) is 0 Å². The molecule has 1 heterocycles. The Kier molecular flexibility index (Phi) is 5.34. The minimum atomic E-state index is -1.12. The van der Waals surface area contributed by atoms with Crippen LogP contribution in [0.5, 0.6) is 5.75 Å². The van der Waals surface area contributed by atoms with Gasteiger partial charge < -0.3 is 15.5 Å². The molecule has 0 unspecified atom stereocenters. The number of aromatic hydroxyl groups is 1. The highest BCUT2D eigenvalue weighted by molar-refractivity contribution is 7.14. The molecule has 0 saturated heterocycles. The van der Waals surface area contributed by atoms with Crippen LogP contribution in [-0.4, -0.2) is 22.1 Å². The molecular formula is C20H17NO4S. The maximum Gasteiger partial charge on any atom is 0.339 e. The summed E-state index contributed by atoms with van der Waals surface area (Å²) < 4.78 is 0. The van der Waals surface area contributed by atoms with Crippen LogP contribution in [0.2, 0.25) is 0 Å². The van der Waals surface area contributed by atoms with Crippen LogP contribution >= 0.6 is 11.3 Å². The first-order valence-corrected chi connectivity index (χ1v) is 8.90. The van der Waals surface area contributed by atoms with E-state index in [1.807, 2.05) is 30.3 Å². The molecule has 3 aromatic rings. The molecule has 0 fully saturated rings. The fourth-order valence-corrected chi connectivity index (χ4v) is 3.63. The number of hydrogen-bond acceptors (Lipinski definition) is 4. The van der Waals surface area contributed by atoms with Crippen LogP contribution in [0.3, 0.4) is 0 Å². The number of aryl methyl sites for hydroxylation is 1. The number of anilines is 1. The number of carboxylic acid groups (broad SMARTS) is 1. The van der Waals surface area contributed by atoms with Crippen LogP contribution in [-0.2, 0) is 11.2 Å². The molecule has 0 aliphatic heterocycles. The van der Waals surface area contributed by atoms with Crippen molar-refractivity contribution in [2.24, 2.45) is 0 Å². The van der Waals surface area contributed by atoms with Crippen molar-refractivity contribution in [3.63, 3.8) is 0 Å². The molecule has 2 aromatic carbocycles. The number of carbonyl (C=O) groups is 2. The quantitative estimate of drug-likeness (QED) is 0.603. The highest BCUT2D eigenvalue weighted by Crippen LogP contribution is 2.37. The third-order valence-electron chi connectivity index (χ3n) is 3.87. The summed E-state index contributed by atoms with van der Waals surface area (Å²) in [6, 6.07) is 16.0. The molecular weight excluding hydrogens is 350 g/mol. The summed E-state index contributed by atoms with van der Waals surface area (Å²) in [5.74, 6) is -1.31. The monoisotopic (exact) mass is 367 g/mol. The van der Waals surface area contributed by atoms with Gasteiger partial charge in [0.1, 0.15) is 11.3 Å². The predicted molar refractivity (Wildman–Crippen MR) is 102 cm³/mol. The highest BCUT2D eigenvalue weighted by Gasteiger charge is 2.21. The summed E-state index contributed by atoms with van der Waals surface area (Å²) in [6.07, 6.45) is 0.846. The number of nitrogens with one attached hydrogen (secondary N) is 1. The van der Waals surface area contributed by atoms with Crippen molar-refractivity contribution in [3.8, 4) is 16.2 Å². The van der Waals surface area contributed by atoms with Gasteiger partial charge in [-0.25, -0.2) is 4.79 Å². The molecule has 0 bridgehead atoms. The maximum atomic E-state index is 12.2. The lowest BCUT2D eigenvalue weighted by Gasteiger charge is -2.07. The molecule has 6 heteroatoms. The Morgan fingerprint density at radius 1 is 1.04 bits per heavy atom. The van der Waals surface area contributed by atoms with Crippen LogP contribution < -0.4 is 5.32 Å². The number of hydrogen-bond donors (Lipinski definition) is 3. The lowest BCUT2D eigenvalue weighted by atomic mass is 10.1. The van der Waals surface area contributed by atoms with Gasteiger partial charge in [0.15, 0.2) is 0 Å². The van der Waals surface area contributed by atoms with E-state index in [-0.39, 0.29) is 29.3 Å². The van der Waals surface area contributed by atoms with Crippen LogP contribution in [0.1, 0.15) is 22.3 Å². The summed E-state index contributed by atoms with van der Waals surface area (Å²) in [5.41, 5.74) is 1.96. The molecule has 0 saturated carbocycles. The molecule has 3 rings (SSSR count). The van der Waals surface area contributed by atoms with Gasteiger partial charge in [-0.15, -0.1) is 11.3 Å². The van der Waals surface area contributed by atoms with E-state index in [0.29, 0.717) is 16.9 Å². The Balaban J connectivity index is 1.78. The first kappa shape index (κ1) is 17.7. The van der Waals surface area contributed by atoms with E-state index in [4.69, 9.17) is 0 Å². The van der Waals surface area contributed by atoms with Crippen molar-refractivity contribution < 1.29 is 19.8 Å². The second-order valence-electron chi connectivity index (χ2n) is 5.74. The fraction of sp³-hybridized carbons (Fsp3) is 0.100. The number of carbonyl (C=O) groups excluding carboxylic acids is 1. The van der Waals surface area contributed by atoms with Crippen molar-refractivity contribution in [3.05, 3.63) is 71.1 Å². The largest absolute Gasteiger partial charge is 0.508 e. The summed E-state index contributed by atoms with van der Waals surface area (Å²) >= 11 is 1.22. The van der Waals surface area contributed by atoms with E-state index >= 15 is 0 Å². The molecule has 0 radical (unpaired) electrons. The van der Waals surface area contributed by atoms with Gasteiger partial charge in [-0.05, 0) is 29.7 Å². The van der Waals surface area contributed by atoms with Crippen LogP contribution in [0, 0.1) is 0 Å². The fourth-order valence-electron chi connectivity index (χ4n) is 2.64. The Morgan fingerprint density at radius 2 is 1.81 bits per heavy atom. The Bertz CT molecular complexity index is 934. The second-order valence-corrected chi connectivity index (χ2v) is 6.62. The van der Waals surface area contributed by atoms with Gasteiger partial charge in [0.05, 0.1) is 10.6 Å². The molecule has 0 aliphatic rings. The molecule has 3 N–H and O–H groups in total. The average Bonchev–Trinajstić information content (AvgIpc) is 3.04. The van der Waals surface area contributed by atoms with Gasteiger partial charge in [-0.3, -0.25) is 4.79 Å². The predicted octanol–water partition coefficient (Wildman–Crippen LogP) is 4.39. The summed E-state index contributed by atoms with van der Waals surface area (Å²) in [6.45, 7) is 0. The molecule has 132 valence electrons. The highest BCUT2D eigenvalue weighted by atomic mass is 32.1. The lowest BCUT2D eigenvalue weighted by molar-refractivity contribution is -0.116. The van der Waals surface area contributed by atoms with E-state index in [1.54, 1.807) is 17.5 Å². The zero-order valence-corrected chi connectivity index (χ0v) is 14.6. The van der Waals surface area contributed by atoms with Gasteiger partial charge in [0.25, 0.3) is 0 Å².